The Kier molecular flexibility index (Phi) is 4.38. The summed E-state index contributed by atoms with van der Waals surface area (Å²) >= 11 is 0. The minimum atomic E-state index is -0.364. The minimum absolute atomic E-state index is 0.221. The molecule has 2 aromatic rings. The van der Waals surface area contributed by atoms with Gasteiger partial charge in [-0.1, -0.05) is 12.1 Å². The summed E-state index contributed by atoms with van der Waals surface area (Å²) in [5, 5.41) is 0. The molecule has 1 saturated heterocycles. The average molecular weight is 382 g/mol. The summed E-state index contributed by atoms with van der Waals surface area (Å²) < 4.78 is 16.8. The topological polar surface area (TPSA) is 64.8 Å². The molecule has 3 aliphatic rings. The Morgan fingerprint density at radius 2 is 1.96 bits per heavy atom. The van der Waals surface area contributed by atoms with Crippen molar-refractivity contribution in [2.24, 2.45) is 0 Å². The fraction of sp³-hybridized carbons (Fsp3) is 0.545. The lowest BCUT2D eigenvalue weighted by Crippen LogP contribution is -2.42. The molecule has 1 saturated carbocycles. The molecular formula is C22H26N2O4. The van der Waals surface area contributed by atoms with Crippen molar-refractivity contribution in [3.63, 3.8) is 0 Å². The monoisotopic (exact) mass is 382 g/mol. The Bertz CT molecular complexity index is 863. The summed E-state index contributed by atoms with van der Waals surface area (Å²) in [6.07, 6.45) is 4.49. The Hall–Kier alpha value is -2.34. The zero-order valence-electron chi connectivity index (χ0n) is 16.3. The van der Waals surface area contributed by atoms with Gasteiger partial charge in [0, 0.05) is 32.1 Å². The number of nitrogens with zero attached hydrogens (tertiary/aromatic N) is 2. The van der Waals surface area contributed by atoms with Gasteiger partial charge in [-0.25, -0.2) is 4.98 Å². The van der Waals surface area contributed by atoms with E-state index >= 15 is 0 Å². The van der Waals surface area contributed by atoms with Crippen LogP contribution >= 0.6 is 0 Å². The van der Waals surface area contributed by atoms with Crippen LogP contribution in [-0.2, 0) is 27.9 Å². The average Bonchev–Trinajstić information content (AvgIpc) is 3.46. The van der Waals surface area contributed by atoms with Crippen LogP contribution in [0.2, 0.25) is 0 Å². The van der Waals surface area contributed by atoms with Crippen molar-refractivity contribution < 1.29 is 18.7 Å². The molecule has 0 unspecified atom stereocenters. The standard InChI is InChI=1S/C22H26N2O4/c1-26-17-4-2-16(3-5-17)22(9-10-22)21(25)24-11-6-19-18(14-24)23-20(28-19)15-7-12-27-13-8-15/h2-5,15H,6-14H2,1H3. The SMILES string of the molecule is COc1ccc(C2(C(=O)N3CCc4oc(C5CCOCC5)nc4C3)CC2)cc1. The molecule has 0 spiro atoms. The van der Waals surface area contributed by atoms with E-state index in [1.165, 1.54) is 0 Å². The maximum Gasteiger partial charge on any atom is 0.233 e. The second kappa shape index (κ2) is 6.92. The van der Waals surface area contributed by atoms with Crippen LogP contribution < -0.4 is 4.74 Å². The highest BCUT2D eigenvalue weighted by Gasteiger charge is 2.53. The molecule has 28 heavy (non-hydrogen) atoms. The number of hydrogen-bond donors (Lipinski definition) is 0. The third-order valence-electron chi connectivity index (χ3n) is 6.40. The highest BCUT2D eigenvalue weighted by molar-refractivity contribution is 5.91. The molecule has 1 aromatic carbocycles. The molecule has 148 valence electrons. The molecule has 0 N–H and O–H groups in total. The molecule has 6 nitrogen and oxygen atoms in total. The van der Waals surface area contributed by atoms with Crippen molar-refractivity contribution in [3.8, 4) is 5.75 Å². The van der Waals surface area contributed by atoms with E-state index in [0.29, 0.717) is 19.0 Å². The number of fused-ring (bicyclic) bond motifs is 1. The smallest absolute Gasteiger partial charge is 0.233 e. The summed E-state index contributed by atoms with van der Waals surface area (Å²) in [4.78, 5) is 20.1. The fourth-order valence-corrected chi connectivity index (χ4v) is 4.47. The van der Waals surface area contributed by atoms with Crippen molar-refractivity contribution in [3.05, 3.63) is 47.2 Å². The number of carbonyl (C=O) groups is 1. The number of methoxy groups -OCH3 is 1. The third kappa shape index (κ3) is 3.00. The first-order chi connectivity index (χ1) is 13.7. The summed E-state index contributed by atoms with van der Waals surface area (Å²) in [5.74, 6) is 3.17. The first-order valence-electron chi connectivity index (χ1n) is 10.2. The zero-order chi connectivity index (χ0) is 19.1. The Morgan fingerprint density at radius 3 is 2.64 bits per heavy atom. The zero-order valence-corrected chi connectivity index (χ0v) is 16.3. The second-order valence-electron chi connectivity index (χ2n) is 8.10. The number of hydrogen-bond acceptors (Lipinski definition) is 5. The lowest BCUT2D eigenvalue weighted by Gasteiger charge is -2.29. The molecule has 2 fully saturated rings. The number of aromatic nitrogens is 1. The molecule has 5 rings (SSSR count). The van der Waals surface area contributed by atoms with Crippen molar-refractivity contribution in [2.45, 2.75) is 50.0 Å². The van der Waals surface area contributed by atoms with Gasteiger partial charge in [-0.2, -0.15) is 0 Å². The van der Waals surface area contributed by atoms with Crippen molar-refractivity contribution in [2.75, 3.05) is 26.9 Å². The van der Waals surface area contributed by atoms with Gasteiger partial charge in [0.2, 0.25) is 5.91 Å². The van der Waals surface area contributed by atoms with Crippen molar-refractivity contribution in [1.82, 2.24) is 9.88 Å². The Labute approximate surface area is 164 Å². The molecule has 1 amide bonds. The van der Waals surface area contributed by atoms with Gasteiger partial charge in [-0.15, -0.1) is 0 Å². The predicted octanol–water partition coefficient (Wildman–Crippen LogP) is 3.19. The van der Waals surface area contributed by atoms with Crippen LogP contribution in [0.1, 0.15) is 54.5 Å². The maximum absolute atomic E-state index is 13.4. The summed E-state index contributed by atoms with van der Waals surface area (Å²) in [6.45, 7) is 2.80. The van der Waals surface area contributed by atoms with Gasteiger partial charge in [0.05, 0.1) is 19.1 Å². The normalized spacial score (nSPS) is 21.2. The highest BCUT2D eigenvalue weighted by atomic mass is 16.5. The molecule has 0 bridgehead atoms. The molecule has 1 aliphatic carbocycles. The summed E-state index contributed by atoms with van der Waals surface area (Å²) in [7, 11) is 1.66. The van der Waals surface area contributed by atoms with E-state index in [0.717, 1.165) is 74.0 Å². The Morgan fingerprint density at radius 1 is 1.21 bits per heavy atom. The first-order valence-corrected chi connectivity index (χ1v) is 10.2. The van der Waals surface area contributed by atoms with Crippen LogP contribution in [0.3, 0.4) is 0 Å². The third-order valence-corrected chi connectivity index (χ3v) is 6.40. The van der Waals surface area contributed by atoms with Crippen LogP contribution in [0.5, 0.6) is 5.75 Å². The van der Waals surface area contributed by atoms with Crippen LogP contribution in [-0.4, -0.2) is 42.7 Å². The molecule has 3 heterocycles. The second-order valence-corrected chi connectivity index (χ2v) is 8.10. The van der Waals surface area contributed by atoms with Gasteiger partial charge in [0.25, 0.3) is 0 Å². The first kappa shape index (κ1) is 17.7. The van der Waals surface area contributed by atoms with Crippen molar-refractivity contribution >= 4 is 5.91 Å². The molecule has 2 aliphatic heterocycles. The van der Waals surface area contributed by atoms with E-state index in [2.05, 4.69) is 0 Å². The number of ether oxygens (including phenoxy) is 2. The van der Waals surface area contributed by atoms with Gasteiger partial charge in [-0.3, -0.25) is 4.79 Å². The van der Waals surface area contributed by atoms with Crippen LogP contribution in [0, 0.1) is 0 Å². The minimum Gasteiger partial charge on any atom is -0.497 e. The summed E-state index contributed by atoms with van der Waals surface area (Å²) in [5.41, 5.74) is 1.66. The Balaban J connectivity index is 1.32. The van der Waals surface area contributed by atoms with Crippen molar-refractivity contribution in [1.29, 1.82) is 0 Å². The quantitative estimate of drug-likeness (QED) is 0.813. The number of rotatable bonds is 4. The predicted molar refractivity (Wildman–Crippen MR) is 102 cm³/mol. The highest BCUT2D eigenvalue weighted by Crippen LogP contribution is 2.50. The van der Waals surface area contributed by atoms with Gasteiger partial charge in [0.1, 0.15) is 17.2 Å². The molecular weight excluding hydrogens is 356 g/mol. The van der Waals surface area contributed by atoms with E-state index in [-0.39, 0.29) is 11.3 Å². The molecule has 1 aromatic heterocycles. The number of benzene rings is 1. The molecule has 6 heteroatoms. The lowest BCUT2D eigenvalue weighted by molar-refractivity contribution is -0.135. The van der Waals surface area contributed by atoms with Gasteiger partial charge in [-0.05, 0) is 43.4 Å². The van der Waals surface area contributed by atoms with Gasteiger partial charge >= 0.3 is 0 Å². The van der Waals surface area contributed by atoms with E-state index < -0.39 is 0 Å². The molecule has 0 atom stereocenters. The summed E-state index contributed by atoms with van der Waals surface area (Å²) in [6, 6.07) is 7.93. The van der Waals surface area contributed by atoms with E-state index in [9.17, 15) is 4.79 Å². The maximum atomic E-state index is 13.4. The number of oxazole rings is 1. The van der Waals surface area contributed by atoms with Crippen LogP contribution in [0.25, 0.3) is 0 Å². The fourth-order valence-electron chi connectivity index (χ4n) is 4.47. The lowest BCUT2D eigenvalue weighted by atomic mass is 9.93. The number of amides is 1. The van der Waals surface area contributed by atoms with E-state index in [4.69, 9.17) is 18.9 Å². The van der Waals surface area contributed by atoms with Crippen LogP contribution in [0.15, 0.2) is 28.7 Å². The largest absolute Gasteiger partial charge is 0.497 e. The molecule has 0 radical (unpaired) electrons. The van der Waals surface area contributed by atoms with E-state index in [1.807, 2.05) is 29.2 Å². The number of carbonyl (C=O) groups excluding carboxylic acids is 1. The van der Waals surface area contributed by atoms with E-state index in [1.54, 1.807) is 7.11 Å². The van der Waals surface area contributed by atoms with Gasteiger partial charge < -0.3 is 18.8 Å². The van der Waals surface area contributed by atoms with Gasteiger partial charge in [0.15, 0.2) is 5.89 Å². The van der Waals surface area contributed by atoms with Crippen LogP contribution in [0.4, 0.5) is 0 Å².